The lowest BCUT2D eigenvalue weighted by Gasteiger charge is -2.15. The lowest BCUT2D eigenvalue weighted by Crippen LogP contribution is -1.97. The summed E-state index contributed by atoms with van der Waals surface area (Å²) in [7, 11) is 0. The summed E-state index contributed by atoms with van der Waals surface area (Å²) in [6.07, 6.45) is 0. The van der Waals surface area contributed by atoms with Gasteiger partial charge in [0, 0.05) is 32.9 Å². The minimum atomic E-state index is 1.13. The van der Waals surface area contributed by atoms with Gasteiger partial charge in [-0.3, -0.25) is 0 Å². The molecular weight excluding hydrogens is 749 g/mol. The van der Waals surface area contributed by atoms with Crippen LogP contribution in [0.2, 0.25) is 0 Å². The van der Waals surface area contributed by atoms with Gasteiger partial charge in [-0.2, -0.15) is 0 Å². The Morgan fingerprint density at radius 1 is 0.210 bits per heavy atom. The molecule has 0 bridgehead atoms. The fraction of sp³-hybridized carbons (Fsp3) is 0. The molecule has 0 aliphatic carbocycles. The van der Waals surface area contributed by atoms with Crippen molar-refractivity contribution in [2.45, 2.75) is 0 Å². The topological polar surface area (TPSA) is 9.86 Å². The van der Waals surface area contributed by atoms with E-state index in [1.807, 2.05) is 0 Å². The Labute approximate surface area is 360 Å². The predicted molar refractivity (Wildman–Crippen MR) is 262 cm³/mol. The standard InChI is InChI=1S/C60H40N2/c1-4-17-41(18-5-1)44-23-14-25-46(35-44)48-27-16-28-51(38-48)61-57-32-13-11-30-55(57)59-58(61)34-33-54-53-29-10-12-31-56(53)62(60(54)59)52-39-49(43-21-8-3-9-22-43)37-50(40-52)47-26-15-24-45(36-47)42-19-6-2-7-20-42/h1-40H. The molecule has 0 amide bonds. The van der Waals surface area contributed by atoms with Crippen molar-refractivity contribution in [3.8, 4) is 67.0 Å². The molecule has 0 aliphatic rings. The maximum Gasteiger partial charge on any atom is 0.0641 e. The van der Waals surface area contributed by atoms with E-state index in [2.05, 4.69) is 252 Å². The first-order chi connectivity index (χ1) is 30.7. The summed E-state index contributed by atoms with van der Waals surface area (Å²) in [6.45, 7) is 0. The highest BCUT2D eigenvalue weighted by Crippen LogP contribution is 2.43. The van der Waals surface area contributed by atoms with Crippen LogP contribution in [0, 0.1) is 0 Å². The number of nitrogens with zero attached hydrogens (tertiary/aromatic N) is 2. The number of hydrogen-bond donors (Lipinski definition) is 0. The van der Waals surface area contributed by atoms with Crippen molar-refractivity contribution in [3.05, 3.63) is 243 Å². The normalized spacial score (nSPS) is 11.5. The van der Waals surface area contributed by atoms with Gasteiger partial charge in [0.15, 0.2) is 0 Å². The van der Waals surface area contributed by atoms with E-state index < -0.39 is 0 Å². The maximum atomic E-state index is 2.52. The van der Waals surface area contributed by atoms with Crippen molar-refractivity contribution in [2.75, 3.05) is 0 Å². The molecule has 0 unspecified atom stereocenters. The molecule has 0 saturated heterocycles. The number of hydrogen-bond acceptors (Lipinski definition) is 0. The van der Waals surface area contributed by atoms with E-state index in [0.29, 0.717) is 0 Å². The van der Waals surface area contributed by atoms with Crippen molar-refractivity contribution < 1.29 is 0 Å². The van der Waals surface area contributed by atoms with Gasteiger partial charge in [-0.15, -0.1) is 0 Å². The van der Waals surface area contributed by atoms with E-state index in [-0.39, 0.29) is 0 Å². The molecule has 290 valence electrons. The molecule has 62 heavy (non-hydrogen) atoms. The van der Waals surface area contributed by atoms with Gasteiger partial charge in [0.1, 0.15) is 0 Å². The van der Waals surface area contributed by atoms with Gasteiger partial charge in [0.2, 0.25) is 0 Å². The molecule has 2 heteroatoms. The van der Waals surface area contributed by atoms with E-state index in [1.165, 1.54) is 99.2 Å². The number of aromatic nitrogens is 2. The van der Waals surface area contributed by atoms with Gasteiger partial charge in [0.05, 0.1) is 22.1 Å². The van der Waals surface area contributed by atoms with Crippen LogP contribution in [-0.4, -0.2) is 9.13 Å². The molecule has 10 aromatic carbocycles. The minimum absolute atomic E-state index is 1.13. The van der Waals surface area contributed by atoms with E-state index in [9.17, 15) is 0 Å². The Hall–Kier alpha value is -8.20. The molecule has 0 fully saturated rings. The number of benzene rings is 10. The molecule has 2 aromatic heterocycles. The first kappa shape index (κ1) is 35.7. The summed E-state index contributed by atoms with van der Waals surface area (Å²) in [5.74, 6) is 0. The highest BCUT2D eigenvalue weighted by atomic mass is 15.0. The third kappa shape index (κ3) is 6.04. The Kier molecular flexibility index (Phi) is 8.53. The Morgan fingerprint density at radius 2 is 0.613 bits per heavy atom. The molecule has 12 rings (SSSR count). The van der Waals surface area contributed by atoms with Crippen molar-refractivity contribution in [3.63, 3.8) is 0 Å². The van der Waals surface area contributed by atoms with Crippen LogP contribution in [0.4, 0.5) is 0 Å². The first-order valence-corrected chi connectivity index (χ1v) is 21.3. The third-order valence-electron chi connectivity index (χ3n) is 12.5. The quantitative estimate of drug-likeness (QED) is 0.152. The molecule has 0 N–H and O–H groups in total. The van der Waals surface area contributed by atoms with Gasteiger partial charge in [-0.1, -0.05) is 182 Å². The second-order valence-electron chi connectivity index (χ2n) is 16.1. The van der Waals surface area contributed by atoms with Gasteiger partial charge in [0.25, 0.3) is 0 Å². The zero-order valence-corrected chi connectivity index (χ0v) is 34.0. The lowest BCUT2D eigenvalue weighted by atomic mass is 9.95. The average molecular weight is 789 g/mol. The van der Waals surface area contributed by atoms with Crippen LogP contribution >= 0.6 is 0 Å². The molecule has 0 aliphatic heterocycles. The fourth-order valence-corrected chi connectivity index (χ4v) is 9.60. The molecule has 0 radical (unpaired) electrons. The van der Waals surface area contributed by atoms with Crippen LogP contribution in [0.15, 0.2) is 243 Å². The van der Waals surface area contributed by atoms with Gasteiger partial charge in [-0.25, -0.2) is 0 Å². The second kappa shape index (κ2) is 14.8. The molecule has 0 atom stereocenters. The Morgan fingerprint density at radius 3 is 1.23 bits per heavy atom. The number of fused-ring (bicyclic) bond motifs is 7. The van der Waals surface area contributed by atoms with E-state index >= 15 is 0 Å². The van der Waals surface area contributed by atoms with Crippen LogP contribution in [0.25, 0.3) is 111 Å². The summed E-state index contributed by atoms with van der Waals surface area (Å²) in [6, 6.07) is 88.5. The van der Waals surface area contributed by atoms with Crippen LogP contribution in [0.1, 0.15) is 0 Å². The van der Waals surface area contributed by atoms with E-state index in [4.69, 9.17) is 0 Å². The van der Waals surface area contributed by atoms with Crippen LogP contribution < -0.4 is 0 Å². The molecule has 2 heterocycles. The highest BCUT2D eigenvalue weighted by molar-refractivity contribution is 6.26. The summed E-state index contributed by atoms with van der Waals surface area (Å²) in [4.78, 5) is 0. The smallest absolute Gasteiger partial charge is 0.0641 e. The maximum absolute atomic E-state index is 2.52. The Balaban J connectivity index is 1.11. The molecule has 2 nitrogen and oxygen atoms in total. The fourth-order valence-electron chi connectivity index (χ4n) is 9.60. The van der Waals surface area contributed by atoms with Crippen molar-refractivity contribution >= 4 is 43.6 Å². The van der Waals surface area contributed by atoms with E-state index in [0.717, 1.165) is 11.4 Å². The van der Waals surface area contributed by atoms with Crippen molar-refractivity contribution in [2.24, 2.45) is 0 Å². The van der Waals surface area contributed by atoms with Crippen molar-refractivity contribution in [1.82, 2.24) is 9.13 Å². The number of para-hydroxylation sites is 2. The van der Waals surface area contributed by atoms with Gasteiger partial charge >= 0.3 is 0 Å². The van der Waals surface area contributed by atoms with Crippen LogP contribution in [-0.2, 0) is 0 Å². The zero-order valence-electron chi connectivity index (χ0n) is 34.0. The van der Waals surface area contributed by atoms with E-state index in [1.54, 1.807) is 0 Å². The van der Waals surface area contributed by atoms with Gasteiger partial charge in [-0.05, 0) is 116 Å². The van der Waals surface area contributed by atoms with Crippen LogP contribution in [0.3, 0.4) is 0 Å². The number of rotatable bonds is 7. The first-order valence-electron chi connectivity index (χ1n) is 21.3. The summed E-state index contributed by atoms with van der Waals surface area (Å²) in [5, 5.41) is 4.94. The molecule has 0 spiro atoms. The van der Waals surface area contributed by atoms with Gasteiger partial charge < -0.3 is 9.13 Å². The summed E-state index contributed by atoms with van der Waals surface area (Å²) < 4.78 is 4.98. The Bertz CT molecular complexity index is 3610. The summed E-state index contributed by atoms with van der Waals surface area (Å²) >= 11 is 0. The molecular formula is C60H40N2. The molecule has 0 saturated carbocycles. The SMILES string of the molecule is c1ccc(-c2cccc(-c3cccc(-n4c5ccccc5c5c4ccc4c6ccccc6n(-c6cc(-c7ccccc7)cc(-c7cccc(-c8ccccc8)c7)c6)c45)c3)c2)cc1. The summed E-state index contributed by atoms with van der Waals surface area (Å²) in [5.41, 5.74) is 18.9. The van der Waals surface area contributed by atoms with Crippen LogP contribution in [0.5, 0.6) is 0 Å². The van der Waals surface area contributed by atoms with Crippen molar-refractivity contribution in [1.29, 1.82) is 0 Å². The monoisotopic (exact) mass is 788 g/mol. The second-order valence-corrected chi connectivity index (χ2v) is 16.1. The molecule has 12 aromatic rings. The third-order valence-corrected chi connectivity index (χ3v) is 12.5. The largest absolute Gasteiger partial charge is 0.309 e. The minimum Gasteiger partial charge on any atom is -0.309 e. The predicted octanol–water partition coefficient (Wildman–Crippen LogP) is 16.2. The zero-order chi connectivity index (χ0) is 41.0. The highest BCUT2D eigenvalue weighted by Gasteiger charge is 2.22. The average Bonchev–Trinajstić information content (AvgIpc) is 3.88. The lowest BCUT2D eigenvalue weighted by molar-refractivity contribution is 1.17.